The molecule has 3 N–H and O–H groups in total. The molecule has 0 saturated carbocycles. The lowest BCUT2D eigenvalue weighted by Crippen LogP contribution is -2.08. The number of hydrogen-bond donors (Lipinski definition) is 2. The van der Waals surface area contributed by atoms with Gasteiger partial charge in [-0.25, -0.2) is 4.79 Å². The summed E-state index contributed by atoms with van der Waals surface area (Å²) in [6, 6.07) is 8.97. The molecule has 0 amide bonds. The highest BCUT2D eigenvalue weighted by Gasteiger charge is 2.12. The molecule has 0 spiro atoms. The number of rotatable bonds is 4. The van der Waals surface area contributed by atoms with E-state index < -0.39 is 5.97 Å². The van der Waals surface area contributed by atoms with Crippen molar-refractivity contribution in [3.8, 4) is 0 Å². The second kappa shape index (κ2) is 6.15. The molecule has 1 unspecified atom stereocenters. The molecular weight excluding hydrogens is 296 g/mol. The van der Waals surface area contributed by atoms with Crippen molar-refractivity contribution < 1.29 is 9.53 Å². The minimum atomic E-state index is -0.402. The number of halogens is 1. The van der Waals surface area contributed by atoms with Crippen LogP contribution in [0.15, 0.2) is 30.3 Å². The average Bonchev–Trinajstić information content (AvgIpc) is 2.86. The van der Waals surface area contributed by atoms with Gasteiger partial charge >= 0.3 is 5.97 Å². The second-order valence-electron chi connectivity index (χ2n) is 4.30. The topological polar surface area (TPSA) is 64.3 Å². The Kier molecular flexibility index (Phi) is 4.52. The van der Waals surface area contributed by atoms with Gasteiger partial charge in [0.05, 0.1) is 34.4 Å². The lowest BCUT2D eigenvalue weighted by molar-refractivity contribution is 0.0601. The van der Waals surface area contributed by atoms with Crippen LogP contribution < -0.4 is 11.1 Å². The highest BCUT2D eigenvalue weighted by atomic mass is 35.5. The number of ether oxygens (including phenoxy) is 1. The molecule has 6 heteroatoms. The number of esters is 1. The molecule has 0 fully saturated rings. The summed E-state index contributed by atoms with van der Waals surface area (Å²) in [6.45, 7) is 2.02. The molecule has 1 aromatic heterocycles. The van der Waals surface area contributed by atoms with Gasteiger partial charge in [-0.1, -0.05) is 11.6 Å². The van der Waals surface area contributed by atoms with Gasteiger partial charge in [0.25, 0.3) is 0 Å². The van der Waals surface area contributed by atoms with Crippen molar-refractivity contribution in [3.05, 3.63) is 45.1 Å². The molecule has 0 aliphatic heterocycles. The van der Waals surface area contributed by atoms with Gasteiger partial charge in [0.2, 0.25) is 0 Å². The fourth-order valence-electron chi connectivity index (χ4n) is 1.80. The smallest absolute Gasteiger partial charge is 0.337 e. The highest BCUT2D eigenvalue weighted by molar-refractivity contribution is 7.16. The van der Waals surface area contributed by atoms with E-state index in [1.165, 1.54) is 18.4 Å². The molecule has 0 bridgehead atoms. The van der Waals surface area contributed by atoms with Gasteiger partial charge in [-0.2, -0.15) is 0 Å². The molecule has 4 nitrogen and oxygen atoms in total. The molecule has 0 saturated heterocycles. The molecule has 1 atom stereocenters. The Morgan fingerprint density at radius 2 is 2.15 bits per heavy atom. The summed E-state index contributed by atoms with van der Waals surface area (Å²) in [4.78, 5) is 12.5. The van der Waals surface area contributed by atoms with Crippen LogP contribution in [0.4, 0.5) is 11.4 Å². The standard InChI is InChI=1S/C14H15ClN2O2S/c1-8(12-5-6-13(15)20-12)17-11-4-3-9(7-10(11)16)14(18)19-2/h3-8,17H,16H2,1-2H3. The molecule has 1 aromatic carbocycles. The fraction of sp³-hybridized carbons (Fsp3) is 0.214. The number of thiophene rings is 1. The lowest BCUT2D eigenvalue weighted by atomic mass is 10.1. The number of nitrogens with two attached hydrogens (primary N) is 1. The summed E-state index contributed by atoms with van der Waals surface area (Å²) in [6.07, 6.45) is 0. The summed E-state index contributed by atoms with van der Waals surface area (Å²) in [7, 11) is 1.34. The van der Waals surface area contributed by atoms with Crippen molar-refractivity contribution in [3.63, 3.8) is 0 Å². The number of nitrogen functional groups attached to an aromatic ring is 1. The number of hydrogen-bond acceptors (Lipinski definition) is 5. The zero-order chi connectivity index (χ0) is 14.7. The van der Waals surface area contributed by atoms with E-state index in [0.29, 0.717) is 11.3 Å². The van der Waals surface area contributed by atoms with E-state index in [1.807, 2.05) is 19.1 Å². The molecule has 2 aromatic rings. The third kappa shape index (κ3) is 3.23. The largest absolute Gasteiger partial charge is 0.465 e. The van der Waals surface area contributed by atoms with E-state index in [0.717, 1.165) is 14.9 Å². The molecule has 2 rings (SSSR count). The molecule has 0 aliphatic rings. The van der Waals surface area contributed by atoms with E-state index >= 15 is 0 Å². The van der Waals surface area contributed by atoms with Crippen LogP contribution in [0, 0.1) is 0 Å². The Morgan fingerprint density at radius 1 is 1.40 bits per heavy atom. The molecule has 106 valence electrons. The van der Waals surface area contributed by atoms with Crippen LogP contribution in [0.25, 0.3) is 0 Å². The summed E-state index contributed by atoms with van der Waals surface area (Å²) in [5.74, 6) is -0.402. The third-order valence-corrected chi connectivity index (χ3v) is 4.28. The summed E-state index contributed by atoms with van der Waals surface area (Å²) >= 11 is 7.45. The minimum Gasteiger partial charge on any atom is -0.465 e. The maximum Gasteiger partial charge on any atom is 0.337 e. The monoisotopic (exact) mass is 310 g/mol. The number of methoxy groups -OCH3 is 1. The van der Waals surface area contributed by atoms with Gasteiger partial charge in [0.1, 0.15) is 0 Å². The Balaban J connectivity index is 2.15. The van der Waals surface area contributed by atoms with Crippen molar-refractivity contribution in [1.29, 1.82) is 0 Å². The fourth-order valence-corrected chi connectivity index (χ4v) is 2.87. The number of carbonyl (C=O) groups is 1. The number of anilines is 2. The molecule has 20 heavy (non-hydrogen) atoms. The maximum absolute atomic E-state index is 11.4. The van der Waals surface area contributed by atoms with Gasteiger partial charge in [-0.3, -0.25) is 0 Å². The van der Waals surface area contributed by atoms with Crippen molar-refractivity contribution in [2.24, 2.45) is 0 Å². The second-order valence-corrected chi connectivity index (χ2v) is 6.05. The first-order valence-electron chi connectivity index (χ1n) is 6.01. The predicted octanol–water partition coefficient (Wildman–Crippen LogP) is 3.94. The van der Waals surface area contributed by atoms with Gasteiger partial charge in [-0.15, -0.1) is 11.3 Å². The third-order valence-electron chi connectivity index (χ3n) is 2.87. The van der Waals surface area contributed by atoms with Crippen LogP contribution in [0.1, 0.15) is 28.2 Å². The number of benzene rings is 1. The highest BCUT2D eigenvalue weighted by Crippen LogP contribution is 2.30. The van der Waals surface area contributed by atoms with E-state index in [9.17, 15) is 4.79 Å². The predicted molar refractivity (Wildman–Crippen MR) is 83.6 cm³/mol. The van der Waals surface area contributed by atoms with Crippen molar-refractivity contribution in [1.82, 2.24) is 0 Å². The molecule has 0 aliphatic carbocycles. The van der Waals surface area contributed by atoms with Crippen LogP contribution in [0.5, 0.6) is 0 Å². The first-order valence-corrected chi connectivity index (χ1v) is 7.20. The van der Waals surface area contributed by atoms with Crippen LogP contribution in [-0.4, -0.2) is 13.1 Å². The van der Waals surface area contributed by atoms with Crippen LogP contribution in [-0.2, 0) is 4.74 Å². The lowest BCUT2D eigenvalue weighted by Gasteiger charge is -2.16. The number of carbonyl (C=O) groups excluding carboxylic acids is 1. The first-order chi connectivity index (χ1) is 9.51. The van der Waals surface area contributed by atoms with Crippen LogP contribution >= 0.6 is 22.9 Å². The van der Waals surface area contributed by atoms with Crippen LogP contribution in [0.2, 0.25) is 4.34 Å². The average molecular weight is 311 g/mol. The molecule has 0 radical (unpaired) electrons. The van der Waals surface area contributed by atoms with Gasteiger partial charge < -0.3 is 15.8 Å². The molecular formula is C14H15ClN2O2S. The van der Waals surface area contributed by atoms with Gasteiger partial charge in [0.15, 0.2) is 0 Å². The van der Waals surface area contributed by atoms with E-state index in [2.05, 4.69) is 10.1 Å². The van der Waals surface area contributed by atoms with E-state index in [-0.39, 0.29) is 6.04 Å². The van der Waals surface area contributed by atoms with Crippen LogP contribution in [0.3, 0.4) is 0 Å². The van der Waals surface area contributed by atoms with Crippen molar-refractivity contribution in [2.45, 2.75) is 13.0 Å². The normalized spacial score (nSPS) is 11.9. The zero-order valence-electron chi connectivity index (χ0n) is 11.1. The first kappa shape index (κ1) is 14.7. The Bertz CT molecular complexity index is 627. The van der Waals surface area contributed by atoms with Gasteiger partial charge in [-0.05, 0) is 37.3 Å². The van der Waals surface area contributed by atoms with E-state index in [4.69, 9.17) is 17.3 Å². The van der Waals surface area contributed by atoms with Crippen molar-refractivity contribution >= 4 is 40.3 Å². The Hall–Kier alpha value is -1.72. The Labute approximate surface area is 126 Å². The quantitative estimate of drug-likeness (QED) is 0.663. The maximum atomic E-state index is 11.4. The van der Waals surface area contributed by atoms with E-state index in [1.54, 1.807) is 18.2 Å². The summed E-state index contributed by atoms with van der Waals surface area (Å²) in [5.41, 5.74) is 7.66. The van der Waals surface area contributed by atoms with Gasteiger partial charge in [0, 0.05) is 4.88 Å². The number of nitrogens with one attached hydrogen (secondary N) is 1. The molecule has 1 heterocycles. The summed E-state index contributed by atoms with van der Waals surface area (Å²) in [5, 5.41) is 3.30. The SMILES string of the molecule is COC(=O)c1ccc(NC(C)c2ccc(Cl)s2)c(N)c1. The zero-order valence-corrected chi connectivity index (χ0v) is 12.7. The summed E-state index contributed by atoms with van der Waals surface area (Å²) < 4.78 is 5.41. The van der Waals surface area contributed by atoms with Crippen molar-refractivity contribution in [2.75, 3.05) is 18.2 Å². The minimum absolute atomic E-state index is 0.0822. The Morgan fingerprint density at radius 3 is 2.70 bits per heavy atom.